The Morgan fingerprint density at radius 1 is 1.61 bits per heavy atom. The van der Waals surface area contributed by atoms with Crippen LogP contribution in [-0.4, -0.2) is 34.4 Å². The molecule has 0 spiro atoms. The predicted octanol–water partition coefficient (Wildman–Crippen LogP) is 2.71. The Kier molecular flexibility index (Phi) is 4.70. The zero-order chi connectivity index (χ0) is 13.1. The maximum absolute atomic E-state index is 12.3. The molecule has 1 aromatic rings. The maximum Gasteiger partial charge on any atom is 0.241 e. The summed E-state index contributed by atoms with van der Waals surface area (Å²) in [5, 5.41) is 5.45. The number of carbonyl (C=O) groups is 1. The van der Waals surface area contributed by atoms with Crippen LogP contribution in [0.2, 0.25) is 0 Å². The summed E-state index contributed by atoms with van der Waals surface area (Å²) >= 11 is 3.59. The van der Waals surface area contributed by atoms with Crippen LogP contribution in [0.5, 0.6) is 0 Å². The van der Waals surface area contributed by atoms with Gasteiger partial charge in [0.2, 0.25) is 5.91 Å². The van der Waals surface area contributed by atoms with Gasteiger partial charge in [-0.05, 0) is 31.0 Å². The fraction of sp³-hybridized carbons (Fsp3) is 0.615. The van der Waals surface area contributed by atoms with Gasteiger partial charge in [-0.25, -0.2) is 0 Å². The number of rotatable bonds is 5. The van der Waals surface area contributed by atoms with Gasteiger partial charge in [0.05, 0.1) is 6.04 Å². The van der Waals surface area contributed by atoms with Gasteiger partial charge in [0.15, 0.2) is 0 Å². The van der Waals surface area contributed by atoms with Crippen LogP contribution in [-0.2, 0) is 4.79 Å². The van der Waals surface area contributed by atoms with Crippen LogP contribution < -0.4 is 5.32 Å². The number of nitrogens with zero attached hydrogens (tertiary/aromatic N) is 1. The molecule has 18 heavy (non-hydrogen) atoms. The molecule has 2 rings (SSSR count). The first kappa shape index (κ1) is 13.9. The molecule has 2 heterocycles. The Morgan fingerprint density at radius 3 is 3.00 bits per heavy atom. The van der Waals surface area contributed by atoms with Gasteiger partial charge >= 0.3 is 0 Å². The molecule has 0 aromatic carbocycles. The molecule has 3 atom stereocenters. The van der Waals surface area contributed by atoms with E-state index in [2.05, 4.69) is 30.6 Å². The highest BCUT2D eigenvalue weighted by molar-refractivity contribution is 7.99. The second kappa shape index (κ2) is 6.08. The minimum atomic E-state index is -0.0776. The highest BCUT2D eigenvalue weighted by Crippen LogP contribution is 2.31. The van der Waals surface area contributed by atoms with E-state index >= 15 is 0 Å². The lowest BCUT2D eigenvalue weighted by atomic mass is 10.2. The number of hydrogen-bond acceptors (Lipinski definition) is 4. The highest BCUT2D eigenvalue weighted by Gasteiger charge is 2.39. The Labute approximate surface area is 117 Å². The number of amides is 1. The molecule has 5 heteroatoms. The molecule has 3 unspecified atom stereocenters. The van der Waals surface area contributed by atoms with Gasteiger partial charge in [-0.1, -0.05) is 13.0 Å². The van der Waals surface area contributed by atoms with Gasteiger partial charge in [-0.2, -0.15) is 11.8 Å². The molecule has 1 aromatic heterocycles. The monoisotopic (exact) mass is 284 g/mol. The minimum Gasteiger partial charge on any atom is -0.317 e. The minimum absolute atomic E-state index is 0.0555. The van der Waals surface area contributed by atoms with E-state index in [1.54, 1.807) is 11.3 Å². The van der Waals surface area contributed by atoms with E-state index in [0.29, 0.717) is 0 Å². The topological polar surface area (TPSA) is 32.3 Å². The Morgan fingerprint density at radius 2 is 2.39 bits per heavy atom. The van der Waals surface area contributed by atoms with Crippen LogP contribution in [0, 0.1) is 0 Å². The first-order chi connectivity index (χ1) is 8.65. The SMILES string of the molecule is CCSCC(C)N1C(=O)C(C)NC1c1cccs1. The molecular weight excluding hydrogens is 264 g/mol. The van der Waals surface area contributed by atoms with Crippen LogP contribution in [0.25, 0.3) is 0 Å². The van der Waals surface area contributed by atoms with Crippen molar-refractivity contribution in [3.05, 3.63) is 22.4 Å². The summed E-state index contributed by atoms with van der Waals surface area (Å²) < 4.78 is 0. The number of thiophene rings is 1. The first-order valence-electron chi connectivity index (χ1n) is 6.34. The molecule has 1 fully saturated rings. The van der Waals surface area contributed by atoms with E-state index in [1.165, 1.54) is 4.88 Å². The molecular formula is C13H20N2OS2. The van der Waals surface area contributed by atoms with Gasteiger partial charge in [-0.3, -0.25) is 10.1 Å². The predicted molar refractivity (Wildman–Crippen MR) is 79.0 cm³/mol. The molecule has 0 aliphatic carbocycles. The van der Waals surface area contributed by atoms with E-state index in [0.717, 1.165) is 11.5 Å². The molecule has 3 nitrogen and oxygen atoms in total. The molecule has 0 radical (unpaired) electrons. The molecule has 100 valence electrons. The summed E-state index contributed by atoms with van der Waals surface area (Å²) in [6.07, 6.45) is 0.0555. The summed E-state index contributed by atoms with van der Waals surface area (Å²) in [4.78, 5) is 15.5. The maximum atomic E-state index is 12.3. The zero-order valence-corrected chi connectivity index (χ0v) is 12.7. The number of nitrogens with one attached hydrogen (secondary N) is 1. The van der Waals surface area contributed by atoms with Crippen LogP contribution in [0.4, 0.5) is 0 Å². The van der Waals surface area contributed by atoms with Crippen molar-refractivity contribution in [1.82, 2.24) is 10.2 Å². The molecule has 1 amide bonds. The number of hydrogen-bond donors (Lipinski definition) is 1. The molecule has 0 bridgehead atoms. The first-order valence-corrected chi connectivity index (χ1v) is 8.38. The summed E-state index contributed by atoms with van der Waals surface area (Å²) in [5.74, 6) is 2.31. The third-order valence-electron chi connectivity index (χ3n) is 3.16. The zero-order valence-electron chi connectivity index (χ0n) is 11.1. The lowest BCUT2D eigenvalue weighted by Gasteiger charge is -2.29. The fourth-order valence-electron chi connectivity index (χ4n) is 2.25. The average molecular weight is 284 g/mol. The third-order valence-corrected chi connectivity index (χ3v) is 5.21. The van der Waals surface area contributed by atoms with Crippen molar-refractivity contribution in [1.29, 1.82) is 0 Å². The van der Waals surface area contributed by atoms with Crippen LogP contribution in [0.1, 0.15) is 31.8 Å². The van der Waals surface area contributed by atoms with Crippen molar-refractivity contribution in [3.8, 4) is 0 Å². The fourth-order valence-corrected chi connectivity index (χ4v) is 3.77. The van der Waals surface area contributed by atoms with Crippen molar-refractivity contribution in [3.63, 3.8) is 0 Å². The van der Waals surface area contributed by atoms with Crippen LogP contribution in [0.15, 0.2) is 17.5 Å². The average Bonchev–Trinajstić information content (AvgIpc) is 2.96. The van der Waals surface area contributed by atoms with Crippen LogP contribution in [0.3, 0.4) is 0 Å². The summed E-state index contributed by atoms with van der Waals surface area (Å²) in [5.41, 5.74) is 0. The summed E-state index contributed by atoms with van der Waals surface area (Å²) in [6, 6.07) is 4.33. The lowest BCUT2D eigenvalue weighted by Crippen LogP contribution is -2.39. The molecule has 0 saturated carbocycles. The van der Waals surface area contributed by atoms with Crippen molar-refractivity contribution in [2.45, 2.75) is 39.0 Å². The van der Waals surface area contributed by atoms with Gasteiger partial charge in [-0.15, -0.1) is 11.3 Å². The second-order valence-corrected chi connectivity index (χ2v) is 6.86. The van der Waals surface area contributed by atoms with Crippen LogP contribution >= 0.6 is 23.1 Å². The second-order valence-electron chi connectivity index (χ2n) is 4.56. The Balaban J connectivity index is 2.15. The standard InChI is InChI=1S/C13H20N2OS2/c1-4-17-8-9(2)15-12(11-6-5-7-18-11)14-10(3)13(15)16/h5-7,9-10,12,14H,4,8H2,1-3H3. The number of carbonyl (C=O) groups excluding carboxylic acids is 1. The summed E-state index contributed by atoms with van der Waals surface area (Å²) in [6.45, 7) is 6.24. The van der Waals surface area contributed by atoms with Gasteiger partial charge < -0.3 is 4.90 Å². The molecule has 1 aliphatic rings. The van der Waals surface area contributed by atoms with E-state index in [-0.39, 0.29) is 24.2 Å². The molecule has 1 N–H and O–H groups in total. The quantitative estimate of drug-likeness (QED) is 0.902. The van der Waals surface area contributed by atoms with E-state index < -0.39 is 0 Å². The third kappa shape index (κ3) is 2.73. The van der Waals surface area contributed by atoms with Crippen molar-refractivity contribution >= 4 is 29.0 Å². The van der Waals surface area contributed by atoms with E-state index in [1.807, 2.05) is 29.7 Å². The van der Waals surface area contributed by atoms with Crippen molar-refractivity contribution < 1.29 is 4.79 Å². The Bertz CT molecular complexity index is 394. The lowest BCUT2D eigenvalue weighted by molar-refractivity contribution is -0.131. The Hall–Kier alpha value is -0.520. The van der Waals surface area contributed by atoms with Gasteiger partial charge in [0.1, 0.15) is 6.17 Å². The highest BCUT2D eigenvalue weighted by atomic mass is 32.2. The van der Waals surface area contributed by atoms with Gasteiger partial charge in [0.25, 0.3) is 0 Å². The smallest absolute Gasteiger partial charge is 0.241 e. The van der Waals surface area contributed by atoms with Crippen molar-refractivity contribution in [2.75, 3.05) is 11.5 Å². The molecule has 1 aliphatic heterocycles. The number of thioether (sulfide) groups is 1. The largest absolute Gasteiger partial charge is 0.317 e. The van der Waals surface area contributed by atoms with E-state index in [4.69, 9.17) is 0 Å². The van der Waals surface area contributed by atoms with E-state index in [9.17, 15) is 4.79 Å². The van der Waals surface area contributed by atoms with Crippen molar-refractivity contribution in [2.24, 2.45) is 0 Å². The normalized spacial score (nSPS) is 25.7. The van der Waals surface area contributed by atoms with Gasteiger partial charge in [0, 0.05) is 16.7 Å². The molecule has 1 saturated heterocycles. The summed E-state index contributed by atoms with van der Waals surface area (Å²) in [7, 11) is 0.